The van der Waals surface area contributed by atoms with Crippen molar-refractivity contribution in [3.63, 3.8) is 0 Å². The van der Waals surface area contributed by atoms with Gasteiger partial charge in [0, 0.05) is 5.69 Å². The number of anilines is 1. The van der Waals surface area contributed by atoms with E-state index in [9.17, 15) is 0 Å². The summed E-state index contributed by atoms with van der Waals surface area (Å²) in [5.74, 6) is 0.604. The minimum atomic E-state index is 0.238. The van der Waals surface area contributed by atoms with E-state index >= 15 is 0 Å². The largest absolute Gasteiger partial charge is 0.375 e. The van der Waals surface area contributed by atoms with Gasteiger partial charge in [0.05, 0.1) is 6.04 Å². The summed E-state index contributed by atoms with van der Waals surface area (Å²) in [6.07, 6.45) is 10.0. The molecule has 1 aliphatic rings. The Bertz CT molecular complexity index is 551. The van der Waals surface area contributed by atoms with Crippen molar-refractivity contribution in [1.82, 2.24) is 0 Å². The molecular formula is C20H27N. The Kier molecular flexibility index (Phi) is 5.44. The van der Waals surface area contributed by atoms with Crippen LogP contribution in [0.15, 0.2) is 60.2 Å². The van der Waals surface area contributed by atoms with Gasteiger partial charge in [0.1, 0.15) is 0 Å². The van der Waals surface area contributed by atoms with E-state index < -0.39 is 0 Å². The second kappa shape index (κ2) is 7.31. The van der Waals surface area contributed by atoms with Gasteiger partial charge in [-0.25, -0.2) is 0 Å². The van der Waals surface area contributed by atoms with Crippen LogP contribution in [0, 0.1) is 0 Å². The Morgan fingerprint density at radius 3 is 2.81 bits per heavy atom. The predicted octanol–water partition coefficient (Wildman–Crippen LogP) is 5.83. The average molecular weight is 281 g/mol. The first-order valence-electron chi connectivity index (χ1n) is 7.99. The van der Waals surface area contributed by atoms with E-state index in [4.69, 9.17) is 0 Å². The van der Waals surface area contributed by atoms with Crippen molar-refractivity contribution < 1.29 is 0 Å². The zero-order valence-electron chi connectivity index (χ0n) is 13.5. The van der Waals surface area contributed by atoms with E-state index in [1.54, 1.807) is 0 Å². The van der Waals surface area contributed by atoms with Crippen molar-refractivity contribution in [2.75, 3.05) is 5.32 Å². The van der Waals surface area contributed by atoms with Gasteiger partial charge < -0.3 is 5.32 Å². The second-order valence-corrected chi connectivity index (χ2v) is 6.07. The molecular weight excluding hydrogens is 254 g/mol. The third-order valence-electron chi connectivity index (χ3n) is 4.29. The molecule has 2 atom stereocenters. The monoisotopic (exact) mass is 281 g/mol. The third kappa shape index (κ3) is 4.10. The molecule has 0 fully saturated rings. The topological polar surface area (TPSA) is 12.0 Å². The van der Waals surface area contributed by atoms with Crippen molar-refractivity contribution in [3.8, 4) is 0 Å². The maximum Gasteiger partial charge on any atom is 0.0685 e. The molecule has 1 aromatic carbocycles. The summed E-state index contributed by atoms with van der Waals surface area (Å²) in [7, 11) is 0. The van der Waals surface area contributed by atoms with Gasteiger partial charge in [-0.1, -0.05) is 56.4 Å². The van der Waals surface area contributed by atoms with Crippen LogP contribution in [0.3, 0.4) is 0 Å². The number of benzene rings is 1. The maximum atomic E-state index is 4.17. The summed E-state index contributed by atoms with van der Waals surface area (Å²) in [5.41, 5.74) is 5.20. The van der Waals surface area contributed by atoms with Crippen molar-refractivity contribution in [2.24, 2.45) is 0 Å². The number of rotatable bonds is 6. The second-order valence-electron chi connectivity index (χ2n) is 6.07. The first kappa shape index (κ1) is 15.6. The molecule has 1 nitrogen and oxygen atoms in total. The van der Waals surface area contributed by atoms with Gasteiger partial charge in [-0.15, -0.1) is 0 Å². The smallest absolute Gasteiger partial charge is 0.0685 e. The average Bonchev–Trinajstić information content (AvgIpc) is 2.52. The lowest BCUT2D eigenvalue weighted by molar-refractivity contribution is 0.733. The van der Waals surface area contributed by atoms with Crippen LogP contribution in [0.5, 0.6) is 0 Å². The first-order valence-corrected chi connectivity index (χ1v) is 7.99. The van der Waals surface area contributed by atoms with Crippen LogP contribution in [0.25, 0.3) is 0 Å². The molecule has 0 bridgehead atoms. The number of nitrogens with one attached hydrogen (secondary N) is 1. The molecule has 0 aliphatic heterocycles. The minimum Gasteiger partial charge on any atom is -0.375 e. The molecule has 0 aromatic heterocycles. The summed E-state index contributed by atoms with van der Waals surface area (Å²) < 4.78 is 0. The highest BCUT2D eigenvalue weighted by molar-refractivity contribution is 5.51. The molecule has 0 spiro atoms. The lowest BCUT2D eigenvalue weighted by atomic mass is 9.93. The van der Waals surface area contributed by atoms with Crippen LogP contribution in [0.1, 0.15) is 51.5 Å². The normalized spacial score (nSPS) is 17.0. The highest BCUT2D eigenvalue weighted by Crippen LogP contribution is 2.26. The Labute approximate surface area is 129 Å². The van der Waals surface area contributed by atoms with E-state index in [1.165, 1.54) is 28.8 Å². The molecule has 0 amide bonds. The van der Waals surface area contributed by atoms with Crippen LogP contribution in [0.4, 0.5) is 5.69 Å². The van der Waals surface area contributed by atoms with E-state index in [2.05, 4.69) is 75.2 Å². The van der Waals surface area contributed by atoms with Crippen LogP contribution in [-0.4, -0.2) is 6.04 Å². The van der Waals surface area contributed by atoms with Gasteiger partial charge in [0.2, 0.25) is 0 Å². The zero-order chi connectivity index (χ0) is 15.2. The molecule has 0 heterocycles. The van der Waals surface area contributed by atoms with Gasteiger partial charge in [0.25, 0.3) is 0 Å². The molecule has 21 heavy (non-hydrogen) atoms. The van der Waals surface area contributed by atoms with Crippen LogP contribution >= 0.6 is 0 Å². The fourth-order valence-corrected chi connectivity index (χ4v) is 2.73. The Balaban J connectivity index is 2.19. The Morgan fingerprint density at radius 2 is 2.19 bits per heavy atom. The summed E-state index contributed by atoms with van der Waals surface area (Å²) in [4.78, 5) is 0. The SMILES string of the molecule is C=C(C)C(Nc1cccc(C(C)CC)c1)C1=CC=CCC1. The number of hydrogen-bond acceptors (Lipinski definition) is 1. The molecule has 0 saturated carbocycles. The summed E-state index contributed by atoms with van der Waals surface area (Å²) in [6, 6.07) is 9.04. The summed E-state index contributed by atoms with van der Waals surface area (Å²) >= 11 is 0. The molecule has 0 radical (unpaired) electrons. The Hall–Kier alpha value is -1.76. The van der Waals surface area contributed by atoms with Crippen LogP contribution in [-0.2, 0) is 0 Å². The molecule has 1 N–H and O–H groups in total. The van der Waals surface area contributed by atoms with E-state index in [-0.39, 0.29) is 6.04 Å². The molecule has 1 heteroatoms. The molecule has 2 unspecified atom stereocenters. The Morgan fingerprint density at radius 1 is 1.38 bits per heavy atom. The third-order valence-corrected chi connectivity index (χ3v) is 4.29. The standard InChI is InChI=1S/C20H27N/c1-5-16(4)18-12-9-13-19(14-18)21-20(15(2)3)17-10-7-6-8-11-17/h6-7,9-10,12-14,16,20-21H,2,5,8,11H2,1,3-4H3. The summed E-state index contributed by atoms with van der Waals surface area (Å²) in [5, 5.41) is 3.67. The molecule has 0 saturated heterocycles. The van der Waals surface area contributed by atoms with Crippen molar-refractivity contribution in [2.45, 2.75) is 52.0 Å². The molecule has 112 valence electrons. The van der Waals surface area contributed by atoms with Crippen LogP contribution < -0.4 is 5.32 Å². The van der Waals surface area contributed by atoms with E-state index in [0.29, 0.717) is 5.92 Å². The maximum absolute atomic E-state index is 4.17. The molecule has 1 aliphatic carbocycles. The van der Waals surface area contributed by atoms with Gasteiger partial charge >= 0.3 is 0 Å². The van der Waals surface area contributed by atoms with Gasteiger partial charge in [0.15, 0.2) is 0 Å². The minimum absolute atomic E-state index is 0.238. The fourth-order valence-electron chi connectivity index (χ4n) is 2.73. The van der Waals surface area contributed by atoms with Gasteiger partial charge in [-0.3, -0.25) is 0 Å². The van der Waals surface area contributed by atoms with Gasteiger partial charge in [-0.05, 0) is 55.4 Å². The number of allylic oxidation sites excluding steroid dienone is 3. The van der Waals surface area contributed by atoms with Gasteiger partial charge in [-0.2, -0.15) is 0 Å². The lowest BCUT2D eigenvalue weighted by Crippen LogP contribution is -2.23. The molecule has 1 aromatic rings. The highest BCUT2D eigenvalue weighted by atomic mass is 14.9. The fraction of sp³-hybridized carbons (Fsp3) is 0.400. The van der Waals surface area contributed by atoms with Crippen molar-refractivity contribution >= 4 is 5.69 Å². The van der Waals surface area contributed by atoms with Crippen LogP contribution in [0.2, 0.25) is 0 Å². The lowest BCUT2D eigenvalue weighted by Gasteiger charge is -2.25. The highest BCUT2D eigenvalue weighted by Gasteiger charge is 2.16. The quantitative estimate of drug-likeness (QED) is 0.646. The first-order chi connectivity index (χ1) is 10.1. The van der Waals surface area contributed by atoms with Crippen molar-refractivity contribution in [3.05, 3.63) is 65.8 Å². The predicted molar refractivity (Wildman–Crippen MR) is 93.8 cm³/mol. The molecule has 2 rings (SSSR count). The van der Waals surface area contributed by atoms with E-state index in [0.717, 1.165) is 12.8 Å². The van der Waals surface area contributed by atoms with Crippen molar-refractivity contribution in [1.29, 1.82) is 0 Å². The zero-order valence-corrected chi connectivity index (χ0v) is 13.5. The summed E-state index contributed by atoms with van der Waals surface area (Å²) in [6.45, 7) is 10.8. The number of hydrogen-bond donors (Lipinski definition) is 1. The van der Waals surface area contributed by atoms with E-state index in [1.807, 2.05) is 0 Å².